The van der Waals surface area contributed by atoms with Crippen LogP contribution in [0.1, 0.15) is 27.4 Å². The van der Waals surface area contributed by atoms with Gasteiger partial charge in [0, 0.05) is 36.1 Å². The van der Waals surface area contributed by atoms with Gasteiger partial charge in [-0.05, 0) is 47.5 Å². The second-order valence-electron chi connectivity index (χ2n) is 8.13. The molecule has 0 saturated carbocycles. The third-order valence-electron chi connectivity index (χ3n) is 5.81. The van der Waals surface area contributed by atoms with Crippen molar-refractivity contribution < 1.29 is 18.3 Å². The number of hydrogen-bond acceptors (Lipinski definition) is 5. The summed E-state index contributed by atoms with van der Waals surface area (Å²) in [6.07, 6.45) is 5.55. The van der Waals surface area contributed by atoms with Gasteiger partial charge in [0.15, 0.2) is 0 Å². The van der Waals surface area contributed by atoms with Gasteiger partial charge in [0.25, 0.3) is 5.91 Å². The van der Waals surface area contributed by atoms with Crippen LogP contribution in [0.2, 0.25) is 0 Å². The SMILES string of the molecule is NC(=O)c1ccc(-c2ccc3nc(Cc4ccncc4)n(Cc4ccccc4OC(F)F)c3c2)cn1. The Kier molecular flexibility index (Phi) is 6.36. The molecule has 1 amide bonds. The minimum atomic E-state index is -2.93. The van der Waals surface area contributed by atoms with E-state index in [4.69, 9.17) is 15.5 Å². The third-order valence-corrected chi connectivity index (χ3v) is 5.81. The zero-order valence-corrected chi connectivity index (χ0v) is 19.0. The molecule has 0 atom stereocenters. The van der Waals surface area contributed by atoms with Crippen molar-refractivity contribution in [2.45, 2.75) is 19.6 Å². The fourth-order valence-electron chi connectivity index (χ4n) is 4.07. The Morgan fingerprint density at radius 2 is 1.78 bits per heavy atom. The van der Waals surface area contributed by atoms with Crippen LogP contribution in [0.5, 0.6) is 5.75 Å². The van der Waals surface area contributed by atoms with Gasteiger partial charge in [-0.2, -0.15) is 8.78 Å². The quantitative estimate of drug-likeness (QED) is 0.340. The molecule has 0 aliphatic rings. The number of imidazole rings is 1. The number of hydrogen-bond donors (Lipinski definition) is 1. The number of carbonyl (C=O) groups is 1. The maximum atomic E-state index is 13.0. The van der Waals surface area contributed by atoms with E-state index in [1.165, 1.54) is 6.07 Å². The number of primary amides is 1. The molecule has 2 aromatic carbocycles. The van der Waals surface area contributed by atoms with Gasteiger partial charge < -0.3 is 15.0 Å². The number of alkyl halides is 2. The van der Waals surface area contributed by atoms with Crippen LogP contribution in [-0.4, -0.2) is 32.0 Å². The molecule has 36 heavy (non-hydrogen) atoms. The van der Waals surface area contributed by atoms with E-state index < -0.39 is 12.5 Å². The number of amides is 1. The van der Waals surface area contributed by atoms with Crippen molar-refractivity contribution >= 4 is 16.9 Å². The number of ether oxygens (including phenoxy) is 1. The van der Waals surface area contributed by atoms with E-state index in [0.717, 1.165) is 33.5 Å². The lowest BCUT2D eigenvalue weighted by Crippen LogP contribution is -2.12. The van der Waals surface area contributed by atoms with E-state index in [1.54, 1.807) is 48.9 Å². The third kappa shape index (κ3) is 4.90. The zero-order valence-electron chi connectivity index (χ0n) is 19.0. The first-order chi connectivity index (χ1) is 17.5. The molecule has 9 heteroatoms. The van der Waals surface area contributed by atoms with E-state index in [2.05, 4.69) is 9.97 Å². The molecule has 180 valence electrons. The molecule has 0 fully saturated rings. The molecule has 2 N–H and O–H groups in total. The molecule has 0 aliphatic heterocycles. The Bertz CT molecular complexity index is 1520. The summed E-state index contributed by atoms with van der Waals surface area (Å²) >= 11 is 0. The van der Waals surface area contributed by atoms with Gasteiger partial charge in [-0.1, -0.05) is 30.3 Å². The van der Waals surface area contributed by atoms with Crippen LogP contribution in [0, 0.1) is 0 Å². The van der Waals surface area contributed by atoms with Crippen LogP contribution in [0.4, 0.5) is 8.78 Å². The van der Waals surface area contributed by atoms with E-state index >= 15 is 0 Å². The van der Waals surface area contributed by atoms with Crippen molar-refractivity contribution in [1.29, 1.82) is 0 Å². The molecule has 0 unspecified atom stereocenters. The number of aromatic nitrogens is 4. The van der Waals surface area contributed by atoms with Crippen molar-refractivity contribution in [2.24, 2.45) is 5.73 Å². The number of para-hydroxylation sites is 1. The number of nitrogens with zero attached hydrogens (tertiary/aromatic N) is 4. The zero-order chi connectivity index (χ0) is 25.1. The van der Waals surface area contributed by atoms with Crippen LogP contribution in [0.3, 0.4) is 0 Å². The number of benzene rings is 2. The van der Waals surface area contributed by atoms with Gasteiger partial charge in [-0.3, -0.25) is 14.8 Å². The fraction of sp³-hybridized carbons (Fsp3) is 0.111. The predicted molar refractivity (Wildman–Crippen MR) is 131 cm³/mol. The lowest BCUT2D eigenvalue weighted by molar-refractivity contribution is -0.0504. The van der Waals surface area contributed by atoms with Crippen molar-refractivity contribution in [2.75, 3.05) is 0 Å². The summed E-state index contributed by atoms with van der Waals surface area (Å²) in [6.45, 7) is -2.65. The molecule has 7 nitrogen and oxygen atoms in total. The molecule has 3 heterocycles. The Balaban J connectivity index is 1.61. The number of halogens is 2. The lowest BCUT2D eigenvalue weighted by Gasteiger charge is -2.14. The number of pyridine rings is 2. The lowest BCUT2D eigenvalue weighted by atomic mass is 10.1. The fourth-order valence-corrected chi connectivity index (χ4v) is 4.07. The Hall–Kier alpha value is -4.66. The maximum Gasteiger partial charge on any atom is 0.387 e. The van der Waals surface area contributed by atoms with Crippen LogP contribution in [-0.2, 0) is 13.0 Å². The predicted octanol–water partition coefficient (Wildman–Crippen LogP) is 4.83. The second-order valence-corrected chi connectivity index (χ2v) is 8.13. The van der Waals surface area contributed by atoms with Gasteiger partial charge in [-0.15, -0.1) is 0 Å². The minimum absolute atomic E-state index is 0.117. The highest BCUT2D eigenvalue weighted by Gasteiger charge is 2.16. The van der Waals surface area contributed by atoms with E-state index in [1.807, 2.05) is 34.9 Å². The van der Waals surface area contributed by atoms with Gasteiger partial charge >= 0.3 is 6.61 Å². The van der Waals surface area contributed by atoms with Crippen molar-refractivity contribution in [3.05, 3.63) is 108 Å². The highest BCUT2D eigenvalue weighted by atomic mass is 19.3. The average Bonchev–Trinajstić information content (AvgIpc) is 3.21. The van der Waals surface area contributed by atoms with Crippen molar-refractivity contribution in [1.82, 2.24) is 19.5 Å². The Morgan fingerprint density at radius 3 is 2.50 bits per heavy atom. The second kappa shape index (κ2) is 9.91. The highest BCUT2D eigenvalue weighted by molar-refractivity contribution is 5.91. The number of rotatable bonds is 8. The molecule has 0 radical (unpaired) electrons. The standard InChI is InChI=1S/C27H21F2N5O2/c28-27(29)36-24-4-2-1-3-20(24)16-34-23-14-18(19-6-8-22(26(30)35)32-15-19)5-7-21(23)33-25(34)13-17-9-11-31-12-10-17/h1-12,14-15,27H,13,16H2,(H2,30,35). The van der Waals surface area contributed by atoms with Crippen LogP contribution in [0.25, 0.3) is 22.2 Å². The molecule has 0 bridgehead atoms. The first-order valence-corrected chi connectivity index (χ1v) is 11.1. The topological polar surface area (TPSA) is 95.9 Å². The smallest absolute Gasteiger partial charge is 0.387 e. The normalized spacial score (nSPS) is 11.2. The van der Waals surface area contributed by atoms with E-state index in [9.17, 15) is 13.6 Å². The summed E-state index contributed by atoms with van der Waals surface area (Å²) in [4.78, 5) is 24.4. The van der Waals surface area contributed by atoms with Crippen LogP contribution >= 0.6 is 0 Å². The first kappa shape index (κ1) is 23.1. The molecular weight excluding hydrogens is 464 g/mol. The molecule has 5 aromatic rings. The Morgan fingerprint density at radius 1 is 1.00 bits per heavy atom. The monoisotopic (exact) mass is 485 g/mol. The van der Waals surface area contributed by atoms with Crippen LogP contribution < -0.4 is 10.5 Å². The highest BCUT2D eigenvalue weighted by Crippen LogP contribution is 2.29. The molecule has 3 aromatic heterocycles. The molecule has 0 saturated heterocycles. The summed E-state index contributed by atoms with van der Waals surface area (Å²) in [6, 6.07) is 19.7. The number of fused-ring (bicyclic) bond motifs is 1. The summed E-state index contributed by atoms with van der Waals surface area (Å²) in [5.41, 5.74) is 10.3. The molecule has 0 aliphatic carbocycles. The first-order valence-electron chi connectivity index (χ1n) is 11.1. The van der Waals surface area contributed by atoms with E-state index in [0.29, 0.717) is 12.0 Å². The van der Waals surface area contributed by atoms with E-state index in [-0.39, 0.29) is 18.0 Å². The van der Waals surface area contributed by atoms with Gasteiger partial charge in [0.05, 0.1) is 17.6 Å². The average molecular weight is 485 g/mol. The van der Waals surface area contributed by atoms with Crippen LogP contribution in [0.15, 0.2) is 85.3 Å². The van der Waals surface area contributed by atoms with Crippen molar-refractivity contribution in [3.63, 3.8) is 0 Å². The Labute approximate surface area is 205 Å². The van der Waals surface area contributed by atoms with Crippen molar-refractivity contribution in [3.8, 4) is 16.9 Å². The molecular formula is C27H21F2N5O2. The van der Waals surface area contributed by atoms with Gasteiger partial charge in [0.1, 0.15) is 17.3 Å². The van der Waals surface area contributed by atoms with Gasteiger partial charge in [-0.25, -0.2) is 4.98 Å². The summed E-state index contributed by atoms with van der Waals surface area (Å²) in [5.74, 6) is 0.287. The molecule has 5 rings (SSSR count). The molecule has 0 spiro atoms. The maximum absolute atomic E-state index is 13.0. The summed E-state index contributed by atoms with van der Waals surface area (Å²) < 4.78 is 32.8. The summed E-state index contributed by atoms with van der Waals surface area (Å²) in [7, 11) is 0. The minimum Gasteiger partial charge on any atom is -0.434 e. The largest absolute Gasteiger partial charge is 0.434 e. The van der Waals surface area contributed by atoms with Gasteiger partial charge in [0.2, 0.25) is 0 Å². The summed E-state index contributed by atoms with van der Waals surface area (Å²) in [5, 5.41) is 0. The number of carbonyl (C=O) groups excluding carboxylic acids is 1. The number of nitrogens with two attached hydrogens (primary N) is 1.